The van der Waals surface area contributed by atoms with Gasteiger partial charge in [0.1, 0.15) is 0 Å². The van der Waals surface area contributed by atoms with Crippen LogP contribution >= 0.6 is 0 Å². The zero-order valence-electron chi connectivity index (χ0n) is 12.2. The monoisotopic (exact) mass is 278 g/mol. The minimum atomic E-state index is -0.847. The van der Waals surface area contributed by atoms with Crippen LogP contribution in [0.1, 0.15) is 42.6 Å². The molecule has 0 aromatic heterocycles. The van der Waals surface area contributed by atoms with Gasteiger partial charge in [0.25, 0.3) is 0 Å². The molecule has 3 N–H and O–H groups in total. The Morgan fingerprint density at radius 1 is 1.30 bits per heavy atom. The van der Waals surface area contributed by atoms with E-state index in [1.807, 2.05) is 6.92 Å². The molecule has 110 valence electrons. The summed E-state index contributed by atoms with van der Waals surface area (Å²) in [6.07, 6.45) is 1.49. The molecule has 0 saturated carbocycles. The SMILES string of the molecule is CCCC(C)(N)C(=O)NCc1ccc(C(=O)OC)cc1. The number of esters is 1. The van der Waals surface area contributed by atoms with Gasteiger partial charge in [-0.05, 0) is 31.0 Å². The van der Waals surface area contributed by atoms with Crippen LogP contribution in [0, 0.1) is 0 Å². The molecular weight excluding hydrogens is 256 g/mol. The Labute approximate surface area is 119 Å². The highest BCUT2D eigenvalue weighted by Crippen LogP contribution is 2.10. The maximum Gasteiger partial charge on any atom is 0.337 e. The van der Waals surface area contributed by atoms with Gasteiger partial charge in [-0.25, -0.2) is 4.79 Å². The molecule has 0 aliphatic rings. The maximum atomic E-state index is 11.9. The van der Waals surface area contributed by atoms with Crippen LogP contribution in [0.15, 0.2) is 24.3 Å². The van der Waals surface area contributed by atoms with Gasteiger partial charge in [-0.2, -0.15) is 0 Å². The summed E-state index contributed by atoms with van der Waals surface area (Å²) < 4.78 is 4.62. The summed E-state index contributed by atoms with van der Waals surface area (Å²) in [7, 11) is 1.34. The zero-order chi connectivity index (χ0) is 15.2. The summed E-state index contributed by atoms with van der Waals surface area (Å²) in [6.45, 7) is 4.10. The Kier molecular flexibility index (Phi) is 5.70. The van der Waals surface area contributed by atoms with E-state index in [2.05, 4.69) is 10.1 Å². The van der Waals surface area contributed by atoms with Crippen LogP contribution in [-0.4, -0.2) is 24.5 Å². The van der Waals surface area contributed by atoms with Crippen molar-refractivity contribution in [2.45, 2.75) is 38.8 Å². The third kappa shape index (κ3) is 4.35. The van der Waals surface area contributed by atoms with Crippen LogP contribution < -0.4 is 11.1 Å². The van der Waals surface area contributed by atoms with E-state index in [1.54, 1.807) is 31.2 Å². The van der Waals surface area contributed by atoms with E-state index in [1.165, 1.54) is 7.11 Å². The second kappa shape index (κ2) is 7.05. The number of ether oxygens (including phenoxy) is 1. The molecule has 1 amide bonds. The van der Waals surface area contributed by atoms with Crippen molar-refractivity contribution >= 4 is 11.9 Å². The molecule has 0 heterocycles. The molecule has 0 fully saturated rings. The van der Waals surface area contributed by atoms with Gasteiger partial charge in [0.2, 0.25) is 5.91 Å². The summed E-state index contributed by atoms with van der Waals surface area (Å²) >= 11 is 0. The number of amides is 1. The van der Waals surface area contributed by atoms with Crippen molar-refractivity contribution in [2.24, 2.45) is 5.73 Å². The Hall–Kier alpha value is -1.88. The van der Waals surface area contributed by atoms with Crippen LogP contribution in [0.4, 0.5) is 0 Å². The Morgan fingerprint density at radius 2 is 1.90 bits per heavy atom. The average Bonchev–Trinajstić information content (AvgIpc) is 2.44. The molecule has 0 saturated heterocycles. The molecule has 1 atom stereocenters. The quantitative estimate of drug-likeness (QED) is 0.775. The third-order valence-electron chi connectivity index (χ3n) is 3.12. The molecule has 1 aromatic rings. The predicted molar refractivity (Wildman–Crippen MR) is 77.1 cm³/mol. The number of methoxy groups -OCH3 is 1. The minimum absolute atomic E-state index is 0.170. The van der Waals surface area contributed by atoms with Crippen LogP contribution in [0.2, 0.25) is 0 Å². The molecule has 0 aliphatic carbocycles. The molecule has 20 heavy (non-hydrogen) atoms. The van der Waals surface area contributed by atoms with Gasteiger partial charge in [0.05, 0.1) is 18.2 Å². The third-order valence-corrected chi connectivity index (χ3v) is 3.12. The van der Waals surface area contributed by atoms with Gasteiger partial charge >= 0.3 is 5.97 Å². The molecule has 0 radical (unpaired) electrons. The largest absolute Gasteiger partial charge is 0.465 e. The number of benzene rings is 1. The number of nitrogens with two attached hydrogens (primary N) is 1. The first kappa shape index (κ1) is 16.2. The van der Waals surface area contributed by atoms with Crippen LogP contribution in [0.3, 0.4) is 0 Å². The van der Waals surface area contributed by atoms with Gasteiger partial charge in [-0.1, -0.05) is 25.5 Å². The van der Waals surface area contributed by atoms with Crippen molar-refractivity contribution in [3.8, 4) is 0 Å². The summed E-state index contributed by atoms with van der Waals surface area (Å²) in [5.74, 6) is -0.547. The lowest BCUT2D eigenvalue weighted by Crippen LogP contribution is -2.51. The lowest BCUT2D eigenvalue weighted by atomic mass is 9.96. The van der Waals surface area contributed by atoms with Gasteiger partial charge < -0.3 is 15.8 Å². The molecule has 0 bridgehead atoms. The molecule has 1 rings (SSSR count). The summed E-state index contributed by atoms with van der Waals surface area (Å²) in [6, 6.07) is 6.89. The van der Waals surface area contributed by atoms with E-state index >= 15 is 0 Å². The standard InChI is InChI=1S/C15H22N2O3/c1-4-9-15(2,16)14(19)17-10-11-5-7-12(8-6-11)13(18)20-3/h5-8H,4,9-10,16H2,1-3H3,(H,17,19). The van der Waals surface area contributed by atoms with E-state index in [0.29, 0.717) is 18.5 Å². The van der Waals surface area contributed by atoms with Crippen molar-refractivity contribution < 1.29 is 14.3 Å². The smallest absolute Gasteiger partial charge is 0.337 e. The van der Waals surface area contributed by atoms with Crippen LogP contribution in [0.5, 0.6) is 0 Å². The van der Waals surface area contributed by atoms with Gasteiger partial charge in [0.15, 0.2) is 0 Å². The fraction of sp³-hybridized carbons (Fsp3) is 0.467. The van der Waals surface area contributed by atoms with Crippen molar-refractivity contribution in [1.82, 2.24) is 5.32 Å². The van der Waals surface area contributed by atoms with Crippen molar-refractivity contribution in [3.05, 3.63) is 35.4 Å². The van der Waals surface area contributed by atoms with E-state index < -0.39 is 5.54 Å². The van der Waals surface area contributed by atoms with E-state index in [4.69, 9.17) is 5.73 Å². The first-order valence-electron chi connectivity index (χ1n) is 6.65. The molecule has 1 aromatic carbocycles. The molecule has 1 unspecified atom stereocenters. The van der Waals surface area contributed by atoms with E-state index in [0.717, 1.165) is 12.0 Å². The first-order chi connectivity index (χ1) is 9.40. The van der Waals surface area contributed by atoms with Crippen LogP contribution in [0.25, 0.3) is 0 Å². The summed E-state index contributed by atoms with van der Waals surface area (Å²) in [4.78, 5) is 23.2. The van der Waals surface area contributed by atoms with Crippen molar-refractivity contribution in [2.75, 3.05) is 7.11 Å². The highest BCUT2D eigenvalue weighted by atomic mass is 16.5. The second-order valence-corrected chi connectivity index (χ2v) is 5.04. The summed E-state index contributed by atoms with van der Waals surface area (Å²) in [5, 5.41) is 2.81. The minimum Gasteiger partial charge on any atom is -0.465 e. The van der Waals surface area contributed by atoms with Crippen molar-refractivity contribution in [3.63, 3.8) is 0 Å². The van der Waals surface area contributed by atoms with Crippen LogP contribution in [-0.2, 0) is 16.1 Å². The van der Waals surface area contributed by atoms with E-state index in [-0.39, 0.29) is 11.9 Å². The zero-order valence-corrected chi connectivity index (χ0v) is 12.2. The predicted octanol–water partition coefficient (Wildman–Crippen LogP) is 1.61. The highest BCUT2D eigenvalue weighted by molar-refractivity contribution is 5.89. The number of hydrogen-bond donors (Lipinski definition) is 2. The number of rotatable bonds is 6. The maximum absolute atomic E-state index is 11.9. The lowest BCUT2D eigenvalue weighted by molar-refractivity contribution is -0.126. The molecular formula is C15H22N2O3. The number of nitrogens with one attached hydrogen (secondary N) is 1. The Morgan fingerprint density at radius 3 is 2.40 bits per heavy atom. The molecule has 0 spiro atoms. The number of carbonyl (C=O) groups excluding carboxylic acids is 2. The highest BCUT2D eigenvalue weighted by Gasteiger charge is 2.26. The van der Waals surface area contributed by atoms with Crippen molar-refractivity contribution in [1.29, 1.82) is 0 Å². The number of hydrogen-bond acceptors (Lipinski definition) is 4. The molecule has 5 nitrogen and oxygen atoms in total. The topological polar surface area (TPSA) is 81.4 Å². The number of carbonyl (C=O) groups is 2. The Bertz CT molecular complexity index is 467. The normalized spacial score (nSPS) is 13.4. The second-order valence-electron chi connectivity index (χ2n) is 5.04. The van der Waals surface area contributed by atoms with Gasteiger partial charge in [-0.15, -0.1) is 0 Å². The lowest BCUT2D eigenvalue weighted by Gasteiger charge is -2.22. The Balaban J connectivity index is 2.58. The van der Waals surface area contributed by atoms with Gasteiger partial charge in [-0.3, -0.25) is 4.79 Å². The first-order valence-corrected chi connectivity index (χ1v) is 6.65. The van der Waals surface area contributed by atoms with E-state index in [9.17, 15) is 9.59 Å². The average molecular weight is 278 g/mol. The molecule has 5 heteroatoms. The fourth-order valence-corrected chi connectivity index (χ4v) is 1.89. The molecule has 0 aliphatic heterocycles. The summed E-state index contributed by atoms with van der Waals surface area (Å²) in [5.41, 5.74) is 6.48. The van der Waals surface area contributed by atoms with Gasteiger partial charge in [0, 0.05) is 6.54 Å². The fourth-order valence-electron chi connectivity index (χ4n) is 1.89.